The molecule has 2 heterocycles. The summed E-state index contributed by atoms with van der Waals surface area (Å²) in [6, 6.07) is 6.31. The summed E-state index contributed by atoms with van der Waals surface area (Å²) in [4.78, 5) is 5.00. The molecule has 0 N–H and O–H groups in total. The molecule has 4 heteroatoms. The Morgan fingerprint density at radius 2 is 1.95 bits per heavy atom. The lowest BCUT2D eigenvalue weighted by Gasteiger charge is -2.34. The van der Waals surface area contributed by atoms with Gasteiger partial charge in [-0.05, 0) is 36.6 Å². The Hall–Kier alpha value is -0.770. The number of fused-ring (bicyclic) bond motifs is 1. The third kappa shape index (κ3) is 3.22. The van der Waals surface area contributed by atoms with E-state index < -0.39 is 0 Å². The molecule has 104 valence electrons. The van der Waals surface area contributed by atoms with Gasteiger partial charge in [-0.25, -0.2) is 0 Å². The second-order valence-corrected chi connectivity index (χ2v) is 5.75. The van der Waals surface area contributed by atoms with Crippen molar-refractivity contribution in [3.05, 3.63) is 28.8 Å². The highest BCUT2D eigenvalue weighted by Crippen LogP contribution is 2.29. The molecular formula is C15H21ClN2O. The first kappa shape index (κ1) is 13.2. The fourth-order valence-electron chi connectivity index (χ4n) is 2.96. The van der Waals surface area contributed by atoms with Crippen LogP contribution in [0.15, 0.2) is 18.2 Å². The number of aryl methyl sites for hydroxylation is 1. The molecule has 0 atom stereocenters. The number of anilines is 1. The summed E-state index contributed by atoms with van der Waals surface area (Å²) in [6.07, 6.45) is 2.39. The zero-order valence-electron chi connectivity index (χ0n) is 11.3. The minimum atomic E-state index is 0.855. The minimum Gasteiger partial charge on any atom is -0.379 e. The van der Waals surface area contributed by atoms with Crippen LogP contribution in [0.1, 0.15) is 12.0 Å². The molecule has 19 heavy (non-hydrogen) atoms. The van der Waals surface area contributed by atoms with E-state index in [2.05, 4.69) is 21.9 Å². The summed E-state index contributed by atoms with van der Waals surface area (Å²) in [5, 5.41) is 0.855. The molecule has 0 aromatic heterocycles. The van der Waals surface area contributed by atoms with Gasteiger partial charge >= 0.3 is 0 Å². The lowest BCUT2D eigenvalue weighted by atomic mass is 10.0. The average molecular weight is 281 g/mol. The largest absolute Gasteiger partial charge is 0.379 e. The van der Waals surface area contributed by atoms with Gasteiger partial charge in [0.25, 0.3) is 0 Å². The molecule has 1 saturated heterocycles. The predicted molar refractivity (Wildman–Crippen MR) is 79.2 cm³/mol. The molecule has 2 aliphatic rings. The number of nitrogens with zero attached hydrogens (tertiary/aromatic N) is 2. The zero-order chi connectivity index (χ0) is 13.1. The number of hydrogen-bond donors (Lipinski definition) is 0. The molecule has 2 aliphatic heterocycles. The van der Waals surface area contributed by atoms with E-state index >= 15 is 0 Å². The van der Waals surface area contributed by atoms with Crippen molar-refractivity contribution in [2.45, 2.75) is 12.8 Å². The predicted octanol–water partition coefficient (Wildman–Crippen LogP) is 2.42. The molecule has 0 radical (unpaired) electrons. The Morgan fingerprint density at radius 1 is 1.11 bits per heavy atom. The van der Waals surface area contributed by atoms with Gasteiger partial charge in [-0.3, -0.25) is 4.90 Å². The van der Waals surface area contributed by atoms with Crippen molar-refractivity contribution in [3.8, 4) is 0 Å². The minimum absolute atomic E-state index is 0.855. The van der Waals surface area contributed by atoms with Crippen LogP contribution in [0, 0.1) is 0 Å². The fraction of sp³-hybridized carbons (Fsp3) is 0.600. The van der Waals surface area contributed by atoms with Gasteiger partial charge in [0.2, 0.25) is 0 Å². The van der Waals surface area contributed by atoms with Crippen LogP contribution < -0.4 is 4.90 Å². The van der Waals surface area contributed by atoms with Crippen molar-refractivity contribution < 1.29 is 4.74 Å². The van der Waals surface area contributed by atoms with Crippen molar-refractivity contribution in [3.63, 3.8) is 0 Å². The molecule has 3 rings (SSSR count). The topological polar surface area (TPSA) is 15.7 Å². The Morgan fingerprint density at radius 3 is 2.79 bits per heavy atom. The number of ether oxygens (including phenoxy) is 1. The van der Waals surface area contributed by atoms with Gasteiger partial charge in [0.1, 0.15) is 0 Å². The molecule has 1 fully saturated rings. The van der Waals surface area contributed by atoms with Crippen LogP contribution >= 0.6 is 11.6 Å². The number of morpholine rings is 1. The van der Waals surface area contributed by atoms with Gasteiger partial charge in [-0.15, -0.1) is 0 Å². The molecule has 3 nitrogen and oxygen atoms in total. The monoisotopic (exact) mass is 280 g/mol. The zero-order valence-corrected chi connectivity index (χ0v) is 12.0. The summed E-state index contributed by atoms with van der Waals surface area (Å²) in [6.45, 7) is 7.31. The van der Waals surface area contributed by atoms with Crippen LogP contribution in [-0.2, 0) is 11.2 Å². The lowest BCUT2D eigenvalue weighted by Crippen LogP contribution is -2.42. The van der Waals surface area contributed by atoms with Crippen LogP contribution in [0.2, 0.25) is 5.02 Å². The van der Waals surface area contributed by atoms with E-state index in [-0.39, 0.29) is 0 Å². The lowest BCUT2D eigenvalue weighted by molar-refractivity contribution is 0.0391. The average Bonchev–Trinajstić information content (AvgIpc) is 2.45. The van der Waals surface area contributed by atoms with E-state index in [0.717, 1.165) is 50.8 Å². The summed E-state index contributed by atoms with van der Waals surface area (Å²) in [7, 11) is 0. The van der Waals surface area contributed by atoms with Crippen LogP contribution in [0.3, 0.4) is 0 Å². The van der Waals surface area contributed by atoms with E-state index in [9.17, 15) is 0 Å². The molecule has 0 spiro atoms. The molecule has 1 aromatic carbocycles. The van der Waals surface area contributed by atoms with Gasteiger partial charge < -0.3 is 9.64 Å². The van der Waals surface area contributed by atoms with Gasteiger partial charge in [0.05, 0.1) is 13.2 Å². The van der Waals surface area contributed by atoms with Crippen molar-refractivity contribution in [2.24, 2.45) is 0 Å². The highest BCUT2D eigenvalue weighted by molar-refractivity contribution is 6.30. The highest BCUT2D eigenvalue weighted by atomic mass is 35.5. The van der Waals surface area contributed by atoms with Crippen molar-refractivity contribution >= 4 is 17.3 Å². The molecule has 0 amide bonds. The maximum Gasteiger partial charge on any atom is 0.0594 e. The SMILES string of the molecule is Clc1ccc2c(c1)CCCN2CCN1CCOCC1. The fourth-order valence-corrected chi connectivity index (χ4v) is 3.16. The third-order valence-electron chi connectivity index (χ3n) is 4.05. The smallest absolute Gasteiger partial charge is 0.0594 e. The maximum absolute atomic E-state index is 6.08. The molecular weight excluding hydrogens is 260 g/mol. The first-order chi connectivity index (χ1) is 9.33. The second-order valence-electron chi connectivity index (χ2n) is 5.32. The highest BCUT2D eigenvalue weighted by Gasteiger charge is 2.18. The van der Waals surface area contributed by atoms with Gasteiger partial charge in [0.15, 0.2) is 0 Å². The van der Waals surface area contributed by atoms with E-state index in [1.54, 1.807) is 0 Å². The summed E-state index contributed by atoms with van der Waals surface area (Å²) >= 11 is 6.08. The molecule has 1 aromatic rings. The number of hydrogen-bond acceptors (Lipinski definition) is 3. The van der Waals surface area contributed by atoms with Crippen LogP contribution in [-0.4, -0.2) is 50.8 Å². The second kappa shape index (κ2) is 6.12. The number of rotatable bonds is 3. The van der Waals surface area contributed by atoms with Gasteiger partial charge in [0, 0.05) is 43.4 Å². The van der Waals surface area contributed by atoms with E-state index in [4.69, 9.17) is 16.3 Å². The summed E-state index contributed by atoms with van der Waals surface area (Å²) < 4.78 is 5.39. The van der Waals surface area contributed by atoms with E-state index in [1.807, 2.05) is 6.07 Å². The van der Waals surface area contributed by atoms with Crippen LogP contribution in [0.25, 0.3) is 0 Å². The van der Waals surface area contributed by atoms with Crippen molar-refractivity contribution in [2.75, 3.05) is 50.8 Å². The van der Waals surface area contributed by atoms with E-state index in [0.29, 0.717) is 0 Å². The quantitative estimate of drug-likeness (QED) is 0.846. The molecule has 0 saturated carbocycles. The van der Waals surface area contributed by atoms with Crippen LogP contribution in [0.4, 0.5) is 5.69 Å². The van der Waals surface area contributed by atoms with Crippen LogP contribution in [0.5, 0.6) is 0 Å². The van der Waals surface area contributed by atoms with Crippen molar-refractivity contribution in [1.82, 2.24) is 4.90 Å². The third-order valence-corrected chi connectivity index (χ3v) is 4.28. The maximum atomic E-state index is 6.08. The molecule has 0 unspecified atom stereocenters. The first-order valence-corrected chi connectivity index (χ1v) is 7.54. The first-order valence-electron chi connectivity index (χ1n) is 7.16. The molecule has 0 aliphatic carbocycles. The Balaban J connectivity index is 1.63. The summed E-state index contributed by atoms with van der Waals surface area (Å²) in [5.41, 5.74) is 2.78. The normalized spacial score (nSPS) is 20.4. The van der Waals surface area contributed by atoms with Crippen molar-refractivity contribution in [1.29, 1.82) is 0 Å². The molecule has 0 bridgehead atoms. The Labute approximate surface area is 120 Å². The number of halogens is 1. The van der Waals surface area contributed by atoms with Gasteiger partial charge in [-0.1, -0.05) is 11.6 Å². The summed E-state index contributed by atoms with van der Waals surface area (Å²) in [5.74, 6) is 0. The van der Waals surface area contributed by atoms with E-state index in [1.165, 1.54) is 24.2 Å². The van der Waals surface area contributed by atoms with Gasteiger partial charge in [-0.2, -0.15) is 0 Å². The number of benzene rings is 1. The Kier molecular flexibility index (Phi) is 4.26. The standard InChI is InChI=1S/C15H21ClN2O/c16-14-3-4-15-13(12-14)2-1-5-18(15)7-6-17-8-10-19-11-9-17/h3-4,12H,1-2,5-11H2. The Bertz CT molecular complexity index is 432.